The van der Waals surface area contributed by atoms with Gasteiger partial charge in [0.05, 0.1) is 0 Å². The van der Waals surface area contributed by atoms with E-state index in [1.54, 1.807) is 6.92 Å². The number of nitrogens with one attached hydrogen (secondary N) is 2. The van der Waals surface area contributed by atoms with E-state index < -0.39 is 18.0 Å². The maximum absolute atomic E-state index is 10.9. The molecule has 5 nitrogen and oxygen atoms in total. The summed E-state index contributed by atoms with van der Waals surface area (Å²) in [6, 6.07) is -1.28. The van der Waals surface area contributed by atoms with E-state index in [1.165, 1.54) is 7.05 Å². The summed E-state index contributed by atoms with van der Waals surface area (Å²) in [7, 11) is 1.45. The predicted octanol–water partition coefficient (Wildman–Crippen LogP) is 0.415. The minimum Gasteiger partial charge on any atom is -0.480 e. The van der Waals surface area contributed by atoms with Crippen LogP contribution in [0.1, 0.15) is 20.3 Å². The molecule has 0 bridgehead atoms. The molecule has 0 aliphatic carbocycles. The number of carboxylic acid groups (broad SMARTS) is 1. The number of amides is 2. The van der Waals surface area contributed by atoms with Crippen molar-refractivity contribution in [2.45, 2.75) is 26.3 Å². The Morgan fingerprint density at radius 1 is 1.46 bits per heavy atom. The normalized spacial score (nSPS) is 14.4. The van der Waals surface area contributed by atoms with Crippen molar-refractivity contribution in [3.8, 4) is 0 Å². The molecule has 0 aliphatic heterocycles. The second-order valence-corrected chi connectivity index (χ2v) is 2.92. The zero-order valence-corrected chi connectivity index (χ0v) is 8.13. The number of carbonyl (C=O) groups is 2. The van der Waals surface area contributed by atoms with Crippen molar-refractivity contribution in [3.05, 3.63) is 0 Å². The molecule has 2 amide bonds. The van der Waals surface area contributed by atoms with Crippen LogP contribution in [-0.2, 0) is 4.79 Å². The van der Waals surface area contributed by atoms with Crippen LogP contribution < -0.4 is 10.6 Å². The third-order valence-electron chi connectivity index (χ3n) is 1.99. The average Bonchev–Trinajstić information content (AvgIpc) is 2.11. The van der Waals surface area contributed by atoms with Gasteiger partial charge in [0.2, 0.25) is 0 Å². The number of aliphatic carboxylic acids is 1. The highest BCUT2D eigenvalue weighted by Crippen LogP contribution is 2.07. The summed E-state index contributed by atoms with van der Waals surface area (Å²) in [6.45, 7) is 3.67. The first-order valence-corrected chi connectivity index (χ1v) is 4.24. The maximum atomic E-state index is 10.9. The Kier molecular flexibility index (Phi) is 4.87. The van der Waals surface area contributed by atoms with Crippen molar-refractivity contribution >= 4 is 12.0 Å². The summed E-state index contributed by atoms with van der Waals surface area (Å²) in [6.07, 6.45) is 0.709. The van der Waals surface area contributed by atoms with Gasteiger partial charge in [0, 0.05) is 7.05 Å². The van der Waals surface area contributed by atoms with E-state index in [0.717, 1.165) is 0 Å². The Hall–Kier alpha value is -1.26. The molecular weight excluding hydrogens is 172 g/mol. The molecule has 0 aliphatic rings. The minimum atomic E-state index is -1.00. The Labute approximate surface area is 77.5 Å². The number of hydrogen-bond acceptors (Lipinski definition) is 2. The molecular formula is C8H16N2O3. The third-order valence-corrected chi connectivity index (χ3v) is 1.99. The Morgan fingerprint density at radius 2 is 2.00 bits per heavy atom. The van der Waals surface area contributed by atoms with Gasteiger partial charge in [-0.3, -0.25) is 0 Å². The molecule has 13 heavy (non-hydrogen) atoms. The Bertz CT molecular complexity index is 194. The summed E-state index contributed by atoms with van der Waals surface area (Å²) in [5, 5.41) is 13.5. The van der Waals surface area contributed by atoms with Gasteiger partial charge < -0.3 is 15.7 Å². The Morgan fingerprint density at radius 3 is 2.31 bits per heavy atom. The average molecular weight is 188 g/mol. The van der Waals surface area contributed by atoms with Gasteiger partial charge in [-0.05, 0) is 5.92 Å². The van der Waals surface area contributed by atoms with Crippen LogP contribution in [0.5, 0.6) is 0 Å². The molecule has 0 spiro atoms. The fraction of sp³-hybridized carbons (Fsp3) is 0.750. The molecule has 0 aromatic carbocycles. The number of urea groups is 1. The molecule has 0 saturated carbocycles. The molecule has 76 valence electrons. The van der Waals surface area contributed by atoms with Gasteiger partial charge in [-0.25, -0.2) is 9.59 Å². The van der Waals surface area contributed by atoms with E-state index in [2.05, 4.69) is 10.6 Å². The highest BCUT2D eigenvalue weighted by atomic mass is 16.4. The lowest BCUT2D eigenvalue weighted by Gasteiger charge is -2.19. The first-order valence-electron chi connectivity index (χ1n) is 4.24. The fourth-order valence-electron chi connectivity index (χ4n) is 0.896. The SMILES string of the molecule is CC[C@H](C)[C@H](NC(=O)NC)C(=O)O. The lowest BCUT2D eigenvalue weighted by molar-refractivity contribution is -0.140. The molecule has 0 unspecified atom stereocenters. The van der Waals surface area contributed by atoms with E-state index in [0.29, 0.717) is 6.42 Å². The number of hydrogen-bond donors (Lipinski definition) is 3. The molecule has 0 heterocycles. The second-order valence-electron chi connectivity index (χ2n) is 2.92. The van der Waals surface area contributed by atoms with Crippen LogP contribution in [0.4, 0.5) is 4.79 Å². The van der Waals surface area contributed by atoms with Crippen molar-refractivity contribution < 1.29 is 14.7 Å². The number of rotatable bonds is 4. The summed E-state index contributed by atoms with van der Waals surface area (Å²) >= 11 is 0. The predicted molar refractivity (Wildman–Crippen MR) is 48.5 cm³/mol. The molecule has 0 aromatic rings. The fourth-order valence-corrected chi connectivity index (χ4v) is 0.896. The van der Waals surface area contributed by atoms with Gasteiger partial charge in [-0.2, -0.15) is 0 Å². The molecule has 0 saturated heterocycles. The van der Waals surface area contributed by atoms with E-state index in [1.807, 2.05) is 6.92 Å². The minimum absolute atomic E-state index is 0.0743. The lowest BCUT2D eigenvalue weighted by Crippen LogP contribution is -2.48. The van der Waals surface area contributed by atoms with E-state index in [9.17, 15) is 9.59 Å². The quantitative estimate of drug-likeness (QED) is 0.598. The van der Waals surface area contributed by atoms with Gasteiger partial charge in [0.1, 0.15) is 6.04 Å². The summed E-state index contributed by atoms with van der Waals surface area (Å²) in [4.78, 5) is 21.6. The van der Waals surface area contributed by atoms with Crippen molar-refractivity contribution in [1.82, 2.24) is 10.6 Å². The Balaban J connectivity index is 4.26. The largest absolute Gasteiger partial charge is 0.480 e. The standard InChI is InChI=1S/C8H16N2O3/c1-4-5(2)6(7(11)12)10-8(13)9-3/h5-6H,4H2,1-3H3,(H,11,12)(H2,9,10,13)/t5-,6-/m0/s1. The van der Waals surface area contributed by atoms with Crippen LogP contribution in [0.3, 0.4) is 0 Å². The van der Waals surface area contributed by atoms with Gasteiger partial charge in [-0.1, -0.05) is 20.3 Å². The van der Waals surface area contributed by atoms with Gasteiger partial charge in [0.15, 0.2) is 0 Å². The lowest BCUT2D eigenvalue weighted by atomic mass is 10.00. The van der Waals surface area contributed by atoms with Gasteiger partial charge in [-0.15, -0.1) is 0 Å². The smallest absolute Gasteiger partial charge is 0.326 e. The van der Waals surface area contributed by atoms with Crippen LogP contribution in [0.15, 0.2) is 0 Å². The van der Waals surface area contributed by atoms with Crippen LogP contribution in [-0.4, -0.2) is 30.2 Å². The molecule has 0 aromatic heterocycles. The summed E-state index contributed by atoms with van der Waals surface area (Å²) in [5.74, 6) is -1.08. The maximum Gasteiger partial charge on any atom is 0.326 e. The van der Waals surface area contributed by atoms with Crippen molar-refractivity contribution in [2.24, 2.45) is 5.92 Å². The molecule has 2 atom stereocenters. The van der Waals surface area contributed by atoms with Crippen LogP contribution in [0.25, 0.3) is 0 Å². The summed E-state index contributed by atoms with van der Waals surface area (Å²) < 4.78 is 0. The van der Waals surface area contributed by atoms with Crippen molar-refractivity contribution in [1.29, 1.82) is 0 Å². The van der Waals surface area contributed by atoms with Crippen LogP contribution in [0, 0.1) is 5.92 Å². The molecule has 0 radical (unpaired) electrons. The zero-order valence-electron chi connectivity index (χ0n) is 8.13. The highest BCUT2D eigenvalue weighted by molar-refractivity contribution is 5.82. The zero-order chi connectivity index (χ0) is 10.4. The first kappa shape index (κ1) is 11.7. The second kappa shape index (κ2) is 5.40. The number of carbonyl (C=O) groups excluding carboxylic acids is 1. The van der Waals surface area contributed by atoms with E-state index >= 15 is 0 Å². The van der Waals surface area contributed by atoms with E-state index in [4.69, 9.17) is 5.11 Å². The van der Waals surface area contributed by atoms with Gasteiger partial charge in [0.25, 0.3) is 0 Å². The topological polar surface area (TPSA) is 78.4 Å². The third kappa shape index (κ3) is 3.78. The first-order chi connectivity index (χ1) is 6.02. The highest BCUT2D eigenvalue weighted by Gasteiger charge is 2.24. The van der Waals surface area contributed by atoms with E-state index in [-0.39, 0.29) is 5.92 Å². The molecule has 5 heteroatoms. The monoisotopic (exact) mass is 188 g/mol. The van der Waals surface area contributed by atoms with Crippen molar-refractivity contribution in [2.75, 3.05) is 7.05 Å². The number of carboxylic acids is 1. The van der Waals surface area contributed by atoms with Gasteiger partial charge >= 0.3 is 12.0 Å². The molecule has 3 N–H and O–H groups in total. The van der Waals surface area contributed by atoms with Crippen molar-refractivity contribution in [3.63, 3.8) is 0 Å². The molecule has 0 rings (SSSR count). The van der Waals surface area contributed by atoms with Crippen LogP contribution >= 0.6 is 0 Å². The molecule has 0 fully saturated rings. The van der Waals surface area contributed by atoms with Crippen LogP contribution in [0.2, 0.25) is 0 Å². The summed E-state index contributed by atoms with van der Waals surface area (Å²) in [5.41, 5.74) is 0.